The van der Waals surface area contributed by atoms with E-state index in [2.05, 4.69) is 15.4 Å². The van der Waals surface area contributed by atoms with E-state index in [0.29, 0.717) is 12.5 Å². The molecule has 0 aliphatic rings. The van der Waals surface area contributed by atoms with Crippen LogP contribution in [0.15, 0.2) is 54.7 Å². The van der Waals surface area contributed by atoms with E-state index in [1.54, 1.807) is 0 Å². The minimum absolute atomic E-state index is 0.250. The van der Waals surface area contributed by atoms with Crippen LogP contribution in [0.2, 0.25) is 0 Å². The predicted molar refractivity (Wildman–Crippen MR) is 82.6 cm³/mol. The molecule has 0 radical (unpaired) electrons. The number of aromatic nitrogens is 3. The third-order valence-electron chi connectivity index (χ3n) is 3.28. The second-order valence-corrected chi connectivity index (χ2v) is 4.95. The first-order valence-electron chi connectivity index (χ1n) is 7.18. The molecule has 0 spiro atoms. The number of halogens is 3. The summed E-state index contributed by atoms with van der Waals surface area (Å²) in [5, 5.41) is 9.85. The molecule has 0 fully saturated rings. The summed E-state index contributed by atoms with van der Waals surface area (Å²) in [7, 11) is 0. The number of H-pyrrole nitrogens is 1. The van der Waals surface area contributed by atoms with Crippen molar-refractivity contribution in [3.05, 3.63) is 65.9 Å². The number of alkyl halides is 3. The topological polar surface area (TPSA) is 84.9 Å². The Bertz CT molecular complexity index is 840. The highest BCUT2D eigenvalue weighted by molar-refractivity contribution is 5.64. The molecular formula is C17H12F3N3O3. The van der Waals surface area contributed by atoms with Gasteiger partial charge in [0.15, 0.2) is 0 Å². The number of hydrogen-bond donors (Lipinski definition) is 1. The number of nitrogens with one attached hydrogen (secondary N) is 1. The van der Waals surface area contributed by atoms with Crippen LogP contribution in [0.5, 0.6) is 5.88 Å². The van der Waals surface area contributed by atoms with Gasteiger partial charge in [0.05, 0.1) is 5.56 Å². The van der Waals surface area contributed by atoms with Crippen molar-refractivity contribution in [2.24, 2.45) is 0 Å². The Balaban J connectivity index is 0.000000758. The van der Waals surface area contributed by atoms with E-state index < -0.39 is 11.7 Å². The summed E-state index contributed by atoms with van der Waals surface area (Å²) < 4.78 is 43.1. The van der Waals surface area contributed by atoms with Gasteiger partial charge in [0, 0.05) is 0 Å². The molecule has 0 aliphatic carbocycles. The molecule has 3 aromatic rings. The van der Waals surface area contributed by atoms with Gasteiger partial charge < -0.3 is 4.74 Å². The van der Waals surface area contributed by atoms with E-state index in [1.807, 2.05) is 24.3 Å². The van der Waals surface area contributed by atoms with Gasteiger partial charge in [0.1, 0.15) is 12.8 Å². The largest absolute Gasteiger partial charge is 0.471 e. The van der Waals surface area contributed by atoms with Crippen molar-refractivity contribution < 1.29 is 27.5 Å². The molecule has 0 saturated carbocycles. The van der Waals surface area contributed by atoms with Gasteiger partial charge in [0.2, 0.25) is 0 Å². The Labute approximate surface area is 145 Å². The van der Waals surface area contributed by atoms with Gasteiger partial charge in [-0.3, -0.25) is 0 Å². The number of aromatic amines is 1. The highest BCUT2D eigenvalue weighted by Crippen LogP contribution is 2.31. The summed E-state index contributed by atoms with van der Waals surface area (Å²) in [6.07, 6.45) is -2.60. The second kappa shape index (κ2) is 8.59. The molecule has 134 valence electrons. The number of hydrogen-bond acceptors (Lipinski definition) is 5. The summed E-state index contributed by atoms with van der Waals surface area (Å²) in [6.45, 7) is 0.333. The van der Waals surface area contributed by atoms with Crippen molar-refractivity contribution in [1.82, 2.24) is 15.4 Å². The average molecular weight is 363 g/mol. The third kappa shape index (κ3) is 5.29. The maximum absolute atomic E-state index is 12.6. The molecule has 9 heteroatoms. The lowest BCUT2D eigenvalue weighted by atomic mass is 10.0. The lowest BCUT2D eigenvalue weighted by Crippen LogP contribution is -2.03. The van der Waals surface area contributed by atoms with Crippen LogP contribution >= 0.6 is 0 Å². The van der Waals surface area contributed by atoms with Crippen LogP contribution in [0.4, 0.5) is 13.2 Å². The molecule has 3 rings (SSSR count). The first-order valence-corrected chi connectivity index (χ1v) is 7.18. The first kappa shape index (κ1) is 18.9. The van der Waals surface area contributed by atoms with Crippen molar-refractivity contribution >= 4 is 6.15 Å². The zero-order chi connectivity index (χ0) is 19.0. The second-order valence-electron chi connectivity index (χ2n) is 4.95. The van der Waals surface area contributed by atoms with Crippen LogP contribution in [0.1, 0.15) is 11.1 Å². The fourth-order valence-electron chi connectivity index (χ4n) is 2.06. The maximum atomic E-state index is 12.6. The molecule has 26 heavy (non-hydrogen) atoms. The van der Waals surface area contributed by atoms with Crippen molar-refractivity contribution in [3.63, 3.8) is 0 Å². The number of rotatable bonds is 4. The Hall–Kier alpha value is -3.45. The fourth-order valence-corrected chi connectivity index (χ4v) is 2.06. The number of ether oxygens (including phenoxy) is 1. The zero-order valence-corrected chi connectivity index (χ0v) is 13.2. The van der Waals surface area contributed by atoms with Crippen molar-refractivity contribution in [3.8, 4) is 17.0 Å². The monoisotopic (exact) mass is 363 g/mol. The van der Waals surface area contributed by atoms with Gasteiger partial charge in [-0.2, -0.15) is 33.1 Å². The summed E-state index contributed by atoms with van der Waals surface area (Å²) in [5.74, 6) is 0.400. The lowest BCUT2D eigenvalue weighted by molar-refractivity contribution is -0.191. The van der Waals surface area contributed by atoms with Crippen LogP contribution in [-0.2, 0) is 22.4 Å². The smallest absolute Gasteiger partial charge is 0.416 e. The molecule has 6 nitrogen and oxygen atoms in total. The third-order valence-corrected chi connectivity index (χ3v) is 3.28. The fraction of sp³-hybridized carbons (Fsp3) is 0.118. The van der Waals surface area contributed by atoms with Crippen molar-refractivity contribution in [1.29, 1.82) is 0 Å². The standard InChI is InChI=1S/C16H12F3N3O.CO2/c17-16(18,19)14-7-5-13(6-8-14)12-3-1-11(2-4-12)10-23-15-9-20-22-21-15;2-1-3/h1-9H,10H2,(H,20,21,22);. The van der Waals surface area contributed by atoms with Crippen LogP contribution in [0.3, 0.4) is 0 Å². The van der Waals surface area contributed by atoms with Crippen LogP contribution < -0.4 is 4.74 Å². The van der Waals surface area contributed by atoms with Gasteiger partial charge in [-0.15, -0.1) is 5.10 Å². The van der Waals surface area contributed by atoms with E-state index in [-0.39, 0.29) is 6.15 Å². The van der Waals surface area contributed by atoms with E-state index >= 15 is 0 Å². The summed E-state index contributed by atoms with van der Waals surface area (Å²) in [4.78, 5) is 16.2. The van der Waals surface area contributed by atoms with Gasteiger partial charge in [-0.25, -0.2) is 0 Å². The van der Waals surface area contributed by atoms with Crippen LogP contribution in [-0.4, -0.2) is 21.6 Å². The minimum Gasteiger partial charge on any atom is -0.471 e. The predicted octanol–water partition coefficient (Wildman–Crippen LogP) is 3.49. The van der Waals surface area contributed by atoms with Gasteiger partial charge in [0.25, 0.3) is 5.88 Å². The molecule has 1 N–H and O–H groups in total. The summed E-state index contributed by atoms with van der Waals surface area (Å²) >= 11 is 0. The van der Waals surface area contributed by atoms with E-state index in [9.17, 15) is 13.2 Å². The molecule has 1 aromatic heterocycles. The Kier molecular flexibility index (Phi) is 6.24. The molecule has 2 aromatic carbocycles. The van der Waals surface area contributed by atoms with Crippen molar-refractivity contribution in [2.45, 2.75) is 12.8 Å². The summed E-state index contributed by atoms with van der Waals surface area (Å²) in [5.41, 5.74) is 1.83. The zero-order valence-electron chi connectivity index (χ0n) is 13.2. The van der Waals surface area contributed by atoms with Gasteiger partial charge >= 0.3 is 12.3 Å². The minimum atomic E-state index is -4.32. The summed E-state index contributed by atoms with van der Waals surface area (Å²) in [6, 6.07) is 12.5. The van der Waals surface area contributed by atoms with E-state index in [1.165, 1.54) is 18.3 Å². The van der Waals surface area contributed by atoms with Crippen molar-refractivity contribution in [2.75, 3.05) is 0 Å². The number of nitrogens with zero attached hydrogens (tertiary/aromatic N) is 2. The Morgan fingerprint density at radius 2 is 1.50 bits per heavy atom. The average Bonchev–Trinajstić information content (AvgIpc) is 3.14. The van der Waals surface area contributed by atoms with Gasteiger partial charge in [-0.05, 0) is 28.8 Å². The maximum Gasteiger partial charge on any atom is 0.416 e. The van der Waals surface area contributed by atoms with Crippen LogP contribution in [0, 0.1) is 0 Å². The van der Waals surface area contributed by atoms with E-state index in [4.69, 9.17) is 14.3 Å². The highest BCUT2D eigenvalue weighted by atomic mass is 19.4. The number of carbonyl (C=O) groups excluding carboxylic acids is 2. The van der Waals surface area contributed by atoms with Gasteiger partial charge in [-0.1, -0.05) is 36.4 Å². The first-order chi connectivity index (χ1) is 12.4. The Morgan fingerprint density at radius 1 is 0.962 bits per heavy atom. The molecule has 0 atom stereocenters. The number of benzene rings is 2. The normalized spacial score (nSPS) is 10.4. The molecule has 1 heterocycles. The molecule has 0 aliphatic heterocycles. The molecule has 0 saturated heterocycles. The molecule has 0 unspecified atom stereocenters. The SMILES string of the molecule is FC(F)(F)c1ccc(-c2ccc(COc3cn[nH]n3)cc2)cc1.O=C=O. The highest BCUT2D eigenvalue weighted by Gasteiger charge is 2.29. The molecule has 0 bridgehead atoms. The lowest BCUT2D eigenvalue weighted by Gasteiger charge is -2.08. The Morgan fingerprint density at radius 3 is 1.96 bits per heavy atom. The molecule has 0 amide bonds. The van der Waals surface area contributed by atoms with E-state index in [0.717, 1.165) is 28.8 Å². The van der Waals surface area contributed by atoms with Crippen LogP contribution in [0.25, 0.3) is 11.1 Å². The molecular weight excluding hydrogens is 351 g/mol. The quantitative estimate of drug-likeness (QED) is 0.767.